The molecule has 0 unspecified atom stereocenters. The SMILES string of the molecule is CCOC(=O)[C@@H](C)Oc1ccc2c(c1)N(C)C(=O)N(c1ccc(F)cc1)S2. The molecule has 0 fully saturated rings. The van der Waals surface area contributed by atoms with Crippen molar-refractivity contribution in [3.05, 3.63) is 48.3 Å². The van der Waals surface area contributed by atoms with Crippen LogP contribution in [0.2, 0.25) is 0 Å². The molecule has 0 N–H and O–H groups in total. The van der Waals surface area contributed by atoms with Crippen molar-refractivity contribution < 1.29 is 23.5 Å². The maximum absolute atomic E-state index is 13.2. The lowest BCUT2D eigenvalue weighted by Crippen LogP contribution is -2.40. The first-order valence-corrected chi connectivity index (χ1v) is 9.16. The monoisotopic (exact) mass is 390 g/mol. The van der Waals surface area contributed by atoms with Gasteiger partial charge in [0.25, 0.3) is 0 Å². The number of carbonyl (C=O) groups excluding carboxylic acids is 2. The predicted molar refractivity (Wildman–Crippen MR) is 102 cm³/mol. The maximum atomic E-state index is 13.2. The number of benzene rings is 2. The second kappa shape index (κ2) is 7.87. The lowest BCUT2D eigenvalue weighted by Gasteiger charge is -2.33. The van der Waals surface area contributed by atoms with Gasteiger partial charge in [0.2, 0.25) is 0 Å². The number of rotatable bonds is 5. The molecule has 0 saturated heterocycles. The van der Waals surface area contributed by atoms with E-state index in [9.17, 15) is 14.0 Å². The van der Waals surface area contributed by atoms with E-state index in [2.05, 4.69) is 0 Å². The summed E-state index contributed by atoms with van der Waals surface area (Å²) in [6.07, 6.45) is -0.754. The minimum Gasteiger partial charge on any atom is -0.479 e. The Bertz CT molecular complexity index is 859. The van der Waals surface area contributed by atoms with Crippen molar-refractivity contribution in [3.63, 3.8) is 0 Å². The minimum atomic E-state index is -0.754. The fourth-order valence-corrected chi connectivity index (χ4v) is 3.58. The molecular formula is C19H19FN2O4S. The number of halogens is 1. The molecule has 2 aromatic carbocycles. The maximum Gasteiger partial charge on any atom is 0.347 e. The highest BCUT2D eigenvalue weighted by Crippen LogP contribution is 2.42. The molecule has 27 heavy (non-hydrogen) atoms. The van der Waals surface area contributed by atoms with Crippen LogP contribution < -0.4 is 13.9 Å². The highest BCUT2D eigenvalue weighted by atomic mass is 32.2. The third kappa shape index (κ3) is 4.00. The number of amides is 2. The number of hydrogen-bond acceptors (Lipinski definition) is 5. The van der Waals surface area contributed by atoms with Crippen LogP contribution in [0.15, 0.2) is 47.4 Å². The minimum absolute atomic E-state index is 0.269. The van der Waals surface area contributed by atoms with Gasteiger partial charge < -0.3 is 9.47 Å². The van der Waals surface area contributed by atoms with Crippen LogP contribution in [-0.2, 0) is 9.53 Å². The van der Waals surface area contributed by atoms with E-state index in [0.29, 0.717) is 17.1 Å². The van der Waals surface area contributed by atoms with Gasteiger partial charge in [-0.3, -0.25) is 4.90 Å². The number of nitrogens with zero attached hydrogens (tertiary/aromatic N) is 2. The molecule has 0 aromatic heterocycles. The third-order valence-electron chi connectivity index (χ3n) is 3.93. The highest BCUT2D eigenvalue weighted by molar-refractivity contribution is 8.01. The predicted octanol–water partition coefficient (Wildman–Crippen LogP) is 4.24. The van der Waals surface area contributed by atoms with Crippen LogP contribution in [-0.4, -0.2) is 31.8 Å². The van der Waals surface area contributed by atoms with Gasteiger partial charge in [-0.25, -0.2) is 18.3 Å². The van der Waals surface area contributed by atoms with Crippen molar-refractivity contribution in [1.82, 2.24) is 0 Å². The zero-order valence-corrected chi connectivity index (χ0v) is 16.0. The highest BCUT2D eigenvalue weighted by Gasteiger charge is 2.30. The molecule has 1 heterocycles. The summed E-state index contributed by atoms with van der Waals surface area (Å²) in [6, 6.07) is 10.7. The van der Waals surface area contributed by atoms with Gasteiger partial charge in [0.05, 0.1) is 22.9 Å². The van der Waals surface area contributed by atoms with Crippen LogP contribution in [0.3, 0.4) is 0 Å². The first-order valence-electron chi connectivity index (χ1n) is 8.39. The number of ether oxygens (including phenoxy) is 2. The number of carbonyl (C=O) groups is 2. The van der Waals surface area contributed by atoms with Crippen molar-refractivity contribution in [2.75, 3.05) is 22.9 Å². The molecule has 8 heteroatoms. The van der Waals surface area contributed by atoms with Gasteiger partial charge in [0.1, 0.15) is 11.6 Å². The van der Waals surface area contributed by atoms with E-state index >= 15 is 0 Å². The molecule has 0 bridgehead atoms. The molecule has 0 saturated carbocycles. The van der Waals surface area contributed by atoms with Crippen molar-refractivity contribution in [1.29, 1.82) is 0 Å². The van der Waals surface area contributed by atoms with E-state index in [-0.39, 0.29) is 18.5 Å². The Morgan fingerprint density at radius 2 is 1.93 bits per heavy atom. The van der Waals surface area contributed by atoms with Gasteiger partial charge >= 0.3 is 12.0 Å². The fraction of sp³-hybridized carbons (Fsp3) is 0.263. The van der Waals surface area contributed by atoms with Crippen LogP contribution in [0.5, 0.6) is 5.75 Å². The Hall–Kier alpha value is -2.74. The second-order valence-corrected chi connectivity index (χ2v) is 6.83. The topological polar surface area (TPSA) is 59.1 Å². The van der Waals surface area contributed by atoms with Crippen LogP contribution in [0.4, 0.5) is 20.6 Å². The molecule has 0 spiro atoms. The van der Waals surface area contributed by atoms with E-state index in [1.54, 1.807) is 45.2 Å². The summed E-state index contributed by atoms with van der Waals surface area (Å²) < 4.78 is 25.2. The van der Waals surface area contributed by atoms with Gasteiger partial charge in [-0.05, 0) is 62.2 Å². The van der Waals surface area contributed by atoms with Crippen molar-refractivity contribution in [3.8, 4) is 5.75 Å². The van der Waals surface area contributed by atoms with Crippen molar-refractivity contribution in [2.45, 2.75) is 24.8 Å². The van der Waals surface area contributed by atoms with Crippen LogP contribution in [0, 0.1) is 5.82 Å². The number of anilines is 2. The fourth-order valence-electron chi connectivity index (χ4n) is 2.54. The average molecular weight is 390 g/mol. The molecule has 1 aliphatic rings. The molecule has 6 nitrogen and oxygen atoms in total. The van der Waals surface area contributed by atoms with Crippen LogP contribution >= 0.6 is 11.9 Å². The Labute approximate surface area is 161 Å². The van der Waals surface area contributed by atoms with Gasteiger partial charge in [-0.15, -0.1) is 0 Å². The normalized spacial score (nSPS) is 14.6. The molecule has 1 aliphatic heterocycles. The largest absolute Gasteiger partial charge is 0.479 e. The Morgan fingerprint density at radius 1 is 1.22 bits per heavy atom. The van der Waals surface area contributed by atoms with Crippen molar-refractivity contribution in [2.24, 2.45) is 0 Å². The summed E-state index contributed by atoms with van der Waals surface area (Å²) in [7, 11) is 1.65. The summed E-state index contributed by atoms with van der Waals surface area (Å²) in [5, 5.41) is 0. The zero-order chi connectivity index (χ0) is 19.6. The lowest BCUT2D eigenvalue weighted by atomic mass is 10.2. The standard InChI is InChI=1S/C19H19FN2O4S/c1-4-25-18(23)12(2)26-15-9-10-17-16(11-15)21(3)19(24)22(27-17)14-7-5-13(20)6-8-14/h5-12H,4H2,1-3H3/t12-/m1/s1. The number of urea groups is 1. The van der Waals surface area contributed by atoms with E-state index in [0.717, 1.165) is 4.90 Å². The van der Waals surface area contributed by atoms with Gasteiger partial charge in [-0.2, -0.15) is 0 Å². The summed E-state index contributed by atoms with van der Waals surface area (Å²) >= 11 is 1.24. The summed E-state index contributed by atoms with van der Waals surface area (Å²) in [4.78, 5) is 26.8. The Kier molecular flexibility index (Phi) is 5.55. The quantitative estimate of drug-likeness (QED) is 0.565. The summed E-state index contributed by atoms with van der Waals surface area (Å²) in [5.74, 6) is -0.347. The van der Waals surface area contributed by atoms with Crippen molar-refractivity contribution >= 4 is 35.3 Å². The molecule has 0 aliphatic carbocycles. The molecule has 3 rings (SSSR count). The van der Waals surface area contributed by atoms with E-state index < -0.39 is 12.1 Å². The van der Waals surface area contributed by atoms with Gasteiger partial charge in [0.15, 0.2) is 6.10 Å². The van der Waals surface area contributed by atoms with Crippen LogP contribution in [0.1, 0.15) is 13.8 Å². The average Bonchev–Trinajstić information content (AvgIpc) is 2.66. The van der Waals surface area contributed by atoms with Gasteiger partial charge in [-0.1, -0.05) is 0 Å². The first-order chi connectivity index (χ1) is 12.9. The van der Waals surface area contributed by atoms with E-state index in [4.69, 9.17) is 9.47 Å². The van der Waals surface area contributed by atoms with E-state index in [1.165, 1.54) is 33.3 Å². The van der Waals surface area contributed by atoms with Gasteiger partial charge in [0, 0.05) is 13.1 Å². The third-order valence-corrected chi connectivity index (χ3v) is 5.03. The summed E-state index contributed by atoms with van der Waals surface area (Å²) in [6.45, 7) is 3.62. The molecular weight excluding hydrogens is 371 g/mol. The van der Waals surface area contributed by atoms with E-state index in [1.807, 2.05) is 6.07 Å². The molecule has 2 amide bonds. The first kappa shape index (κ1) is 19.0. The molecule has 0 radical (unpaired) electrons. The lowest BCUT2D eigenvalue weighted by molar-refractivity contribution is -0.150. The molecule has 142 valence electrons. The number of esters is 1. The number of hydrogen-bond donors (Lipinski definition) is 0. The summed E-state index contributed by atoms with van der Waals surface area (Å²) in [5.41, 5.74) is 1.25. The smallest absolute Gasteiger partial charge is 0.347 e. The Balaban J connectivity index is 1.82. The molecule has 1 atom stereocenters. The molecule has 2 aromatic rings. The second-order valence-electron chi connectivity index (χ2n) is 5.85. The Morgan fingerprint density at radius 3 is 2.59 bits per heavy atom. The van der Waals surface area contributed by atoms with Crippen LogP contribution in [0.25, 0.3) is 0 Å². The number of fused-ring (bicyclic) bond motifs is 1. The zero-order valence-electron chi connectivity index (χ0n) is 15.1.